The molecule has 0 spiro atoms. The monoisotopic (exact) mass is 404 g/mol. The number of hydrogen-bond donors (Lipinski definition) is 0. The Hall–Kier alpha value is -2.25. The van der Waals surface area contributed by atoms with E-state index in [2.05, 4.69) is 4.90 Å². The summed E-state index contributed by atoms with van der Waals surface area (Å²) < 4.78 is 38.1. The van der Waals surface area contributed by atoms with E-state index in [1.165, 1.54) is 12.1 Å². The summed E-state index contributed by atoms with van der Waals surface area (Å²) in [6.45, 7) is 3.32. The van der Waals surface area contributed by atoms with Crippen LogP contribution in [0, 0.1) is 5.82 Å². The van der Waals surface area contributed by atoms with Crippen molar-refractivity contribution in [3.8, 4) is 0 Å². The summed E-state index contributed by atoms with van der Waals surface area (Å²) >= 11 is 0. The van der Waals surface area contributed by atoms with Crippen molar-refractivity contribution in [1.29, 1.82) is 0 Å². The average Bonchev–Trinajstić information content (AvgIpc) is 2.93. The molecule has 0 atom stereocenters. The highest BCUT2D eigenvalue weighted by Gasteiger charge is 2.22. The highest BCUT2D eigenvalue weighted by atomic mass is 32.2. The predicted molar refractivity (Wildman–Crippen MR) is 106 cm³/mol. The number of halogens is 1. The SMILES string of the molecule is O=C(CCS(=O)(=O)c1ccccc1)N1CCCN(Cc2cccc(F)c2)CC1. The van der Waals surface area contributed by atoms with Crippen molar-refractivity contribution < 1.29 is 17.6 Å². The van der Waals surface area contributed by atoms with E-state index in [0.29, 0.717) is 26.2 Å². The molecule has 0 radical (unpaired) electrons. The Morgan fingerprint density at radius 2 is 1.75 bits per heavy atom. The lowest BCUT2D eigenvalue weighted by atomic mass is 10.2. The lowest BCUT2D eigenvalue weighted by Crippen LogP contribution is -2.35. The van der Waals surface area contributed by atoms with Gasteiger partial charge >= 0.3 is 0 Å². The van der Waals surface area contributed by atoms with Gasteiger partial charge in [-0.25, -0.2) is 12.8 Å². The van der Waals surface area contributed by atoms with Crippen molar-refractivity contribution >= 4 is 15.7 Å². The Bertz CT molecular complexity index is 903. The second-order valence-corrected chi connectivity index (χ2v) is 9.13. The number of sulfone groups is 1. The van der Waals surface area contributed by atoms with E-state index in [1.807, 2.05) is 6.07 Å². The molecule has 1 aliphatic rings. The van der Waals surface area contributed by atoms with E-state index in [-0.39, 0.29) is 28.8 Å². The molecule has 5 nitrogen and oxygen atoms in total. The van der Waals surface area contributed by atoms with Crippen LogP contribution in [0.15, 0.2) is 59.5 Å². The van der Waals surface area contributed by atoms with Crippen LogP contribution in [0.2, 0.25) is 0 Å². The van der Waals surface area contributed by atoms with Crippen LogP contribution in [0.4, 0.5) is 4.39 Å². The average molecular weight is 405 g/mol. The van der Waals surface area contributed by atoms with Crippen molar-refractivity contribution in [3.63, 3.8) is 0 Å². The van der Waals surface area contributed by atoms with Crippen LogP contribution in [0.5, 0.6) is 0 Å². The molecule has 1 fully saturated rings. The highest BCUT2D eigenvalue weighted by molar-refractivity contribution is 7.91. The van der Waals surface area contributed by atoms with Gasteiger partial charge in [-0.1, -0.05) is 30.3 Å². The van der Waals surface area contributed by atoms with Crippen LogP contribution in [-0.2, 0) is 21.2 Å². The molecule has 7 heteroatoms. The maximum absolute atomic E-state index is 13.4. The first-order valence-corrected chi connectivity index (χ1v) is 11.1. The first kappa shape index (κ1) is 20.5. The van der Waals surface area contributed by atoms with Gasteiger partial charge in [-0.15, -0.1) is 0 Å². The van der Waals surface area contributed by atoms with Crippen LogP contribution >= 0.6 is 0 Å². The second-order valence-electron chi connectivity index (χ2n) is 7.02. The molecule has 0 N–H and O–H groups in total. The molecule has 1 saturated heterocycles. The maximum atomic E-state index is 13.4. The minimum absolute atomic E-state index is 0.0128. The first-order chi connectivity index (χ1) is 13.4. The Morgan fingerprint density at radius 1 is 0.964 bits per heavy atom. The van der Waals surface area contributed by atoms with Crippen molar-refractivity contribution in [1.82, 2.24) is 9.80 Å². The van der Waals surface area contributed by atoms with Crippen molar-refractivity contribution in [2.75, 3.05) is 31.9 Å². The third-order valence-electron chi connectivity index (χ3n) is 4.92. The summed E-state index contributed by atoms with van der Waals surface area (Å²) in [6, 6.07) is 14.8. The molecule has 0 bridgehead atoms. The van der Waals surface area contributed by atoms with Crippen molar-refractivity contribution in [2.45, 2.75) is 24.3 Å². The molecular weight excluding hydrogens is 379 g/mol. The summed E-state index contributed by atoms with van der Waals surface area (Å²) in [5, 5.41) is 0. The minimum atomic E-state index is -3.45. The van der Waals surface area contributed by atoms with Gasteiger partial charge in [0.2, 0.25) is 5.91 Å². The normalized spacial score (nSPS) is 16.0. The van der Waals surface area contributed by atoms with Gasteiger partial charge in [0.15, 0.2) is 9.84 Å². The Labute approximate surface area is 165 Å². The standard InChI is InChI=1S/C21H25FN2O3S/c22-19-7-4-6-18(16-19)17-23-11-5-12-24(14-13-23)21(25)10-15-28(26,27)20-8-2-1-3-9-20/h1-4,6-9,16H,5,10-15,17H2. The lowest BCUT2D eigenvalue weighted by Gasteiger charge is -2.22. The Morgan fingerprint density at radius 3 is 2.50 bits per heavy atom. The Kier molecular flexibility index (Phi) is 6.80. The largest absolute Gasteiger partial charge is 0.341 e. The van der Waals surface area contributed by atoms with Crippen LogP contribution in [-0.4, -0.2) is 56.1 Å². The molecule has 1 heterocycles. The van der Waals surface area contributed by atoms with Crippen molar-refractivity contribution in [2.24, 2.45) is 0 Å². The van der Waals surface area contributed by atoms with E-state index < -0.39 is 9.84 Å². The van der Waals surface area contributed by atoms with Gasteiger partial charge in [-0.2, -0.15) is 0 Å². The lowest BCUT2D eigenvalue weighted by molar-refractivity contribution is -0.130. The molecule has 0 aliphatic carbocycles. The zero-order valence-electron chi connectivity index (χ0n) is 15.8. The fourth-order valence-corrected chi connectivity index (χ4v) is 4.65. The number of rotatable bonds is 6. The van der Waals surface area contributed by atoms with Crippen LogP contribution in [0.3, 0.4) is 0 Å². The fourth-order valence-electron chi connectivity index (χ4n) is 3.40. The third kappa shape index (κ3) is 5.62. The highest BCUT2D eigenvalue weighted by Crippen LogP contribution is 2.14. The summed E-state index contributed by atoms with van der Waals surface area (Å²) in [5.74, 6) is -0.560. The van der Waals surface area contributed by atoms with E-state index >= 15 is 0 Å². The van der Waals surface area contributed by atoms with Gasteiger partial charge in [-0.3, -0.25) is 9.69 Å². The summed E-state index contributed by atoms with van der Waals surface area (Å²) in [5.41, 5.74) is 0.911. The van der Waals surface area contributed by atoms with Gasteiger partial charge in [0, 0.05) is 39.1 Å². The third-order valence-corrected chi connectivity index (χ3v) is 6.66. The topological polar surface area (TPSA) is 57.7 Å². The Balaban J connectivity index is 1.51. The summed E-state index contributed by atoms with van der Waals surface area (Å²) in [7, 11) is -3.45. The maximum Gasteiger partial charge on any atom is 0.223 e. The number of hydrogen-bond acceptors (Lipinski definition) is 4. The molecule has 2 aromatic rings. The quantitative estimate of drug-likeness (QED) is 0.743. The van der Waals surface area contributed by atoms with Gasteiger partial charge < -0.3 is 4.90 Å². The number of nitrogens with zero attached hydrogens (tertiary/aromatic N) is 2. The van der Waals surface area contributed by atoms with Gasteiger partial charge in [0.1, 0.15) is 5.82 Å². The fraction of sp³-hybridized carbons (Fsp3) is 0.381. The van der Waals surface area contributed by atoms with Gasteiger partial charge in [0.25, 0.3) is 0 Å². The number of carbonyl (C=O) groups excluding carboxylic acids is 1. The summed E-state index contributed by atoms with van der Waals surface area (Å²) in [4.78, 5) is 16.7. The zero-order chi connectivity index (χ0) is 20.0. The van der Waals surface area contributed by atoms with Crippen molar-refractivity contribution in [3.05, 3.63) is 66.0 Å². The van der Waals surface area contributed by atoms with Gasteiger partial charge in [0.05, 0.1) is 10.6 Å². The molecular formula is C21H25FN2O3S. The molecule has 3 rings (SSSR count). The van der Waals surface area contributed by atoms with Crippen LogP contribution < -0.4 is 0 Å². The molecule has 28 heavy (non-hydrogen) atoms. The summed E-state index contributed by atoms with van der Waals surface area (Å²) in [6.07, 6.45) is 0.799. The smallest absolute Gasteiger partial charge is 0.223 e. The van der Waals surface area contributed by atoms with E-state index in [0.717, 1.165) is 18.5 Å². The predicted octanol–water partition coefficient (Wildman–Crippen LogP) is 2.72. The number of benzene rings is 2. The number of carbonyl (C=O) groups is 1. The van der Waals surface area contributed by atoms with E-state index in [9.17, 15) is 17.6 Å². The molecule has 2 aromatic carbocycles. The first-order valence-electron chi connectivity index (χ1n) is 9.46. The van der Waals surface area contributed by atoms with Crippen LogP contribution in [0.25, 0.3) is 0 Å². The van der Waals surface area contributed by atoms with E-state index in [1.54, 1.807) is 41.3 Å². The zero-order valence-corrected chi connectivity index (χ0v) is 16.6. The molecule has 0 unspecified atom stereocenters. The molecule has 0 saturated carbocycles. The number of amides is 1. The molecule has 1 aliphatic heterocycles. The minimum Gasteiger partial charge on any atom is -0.341 e. The molecule has 0 aromatic heterocycles. The second kappa shape index (κ2) is 9.30. The van der Waals surface area contributed by atoms with E-state index in [4.69, 9.17) is 0 Å². The molecule has 150 valence electrons. The molecule has 1 amide bonds. The van der Waals surface area contributed by atoms with Crippen LogP contribution in [0.1, 0.15) is 18.4 Å². The van der Waals surface area contributed by atoms with Gasteiger partial charge in [-0.05, 0) is 36.2 Å².